The van der Waals surface area contributed by atoms with Crippen molar-refractivity contribution in [2.24, 2.45) is 0 Å². The van der Waals surface area contributed by atoms with Gasteiger partial charge >= 0.3 is 0 Å². The van der Waals surface area contributed by atoms with Gasteiger partial charge in [0.15, 0.2) is 0 Å². The first-order chi connectivity index (χ1) is 19.0. The molecule has 1 N–H and O–H groups in total. The zero-order valence-electron chi connectivity index (χ0n) is 22.4. The molecule has 9 nitrogen and oxygen atoms in total. The number of rotatable bonds is 10. The fraction of sp³-hybridized carbons (Fsp3) is 0.367. The fourth-order valence-electron chi connectivity index (χ4n) is 4.92. The van der Waals surface area contributed by atoms with Crippen LogP contribution in [0.2, 0.25) is 0 Å². The molecule has 4 aromatic rings. The number of hydrogen-bond donors (Lipinski definition) is 1. The van der Waals surface area contributed by atoms with Gasteiger partial charge in [0.2, 0.25) is 11.8 Å². The number of ether oxygens (including phenoxy) is 1. The van der Waals surface area contributed by atoms with E-state index in [4.69, 9.17) is 4.74 Å². The molecule has 39 heavy (non-hydrogen) atoms. The summed E-state index contributed by atoms with van der Waals surface area (Å²) in [6.45, 7) is 5.52. The molecular formula is C30H34N6O3. The van der Waals surface area contributed by atoms with Crippen molar-refractivity contribution in [1.29, 1.82) is 0 Å². The third-order valence-corrected chi connectivity index (χ3v) is 7.11. The minimum absolute atomic E-state index is 0.0121. The maximum absolute atomic E-state index is 14.0. The Labute approximate surface area is 228 Å². The molecule has 9 heteroatoms. The van der Waals surface area contributed by atoms with Crippen molar-refractivity contribution in [2.45, 2.75) is 57.8 Å². The molecule has 1 saturated heterocycles. The van der Waals surface area contributed by atoms with Crippen LogP contribution in [-0.2, 0) is 27.4 Å². The van der Waals surface area contributed by atoms with Crippen LogP contribution < -0.4 is 5.32 Å². The Balaban J connectivity index is 1.49. The van der Waals surface area contributed by atoms with E-state index in [1.807, 2.05) is 60.7 Å². The van der Waals surface area contributed by atoms with Crippen molar-refractivity contribution in [1.82, 2.24) is 30.2 Å². The molecule has 0 spiro atoms. The molecule has 0 radical (unpaired) electrons. The number of benzene rings is 2. The van der Waals surface area contributed by atoms with Gasteiger partial charge in [-0.25, -0.2) is 4.68 Å². The highest BCUT2D eigenvalue weighted by molar-refractivity contribution is 5.89. The third-order valence-electron chi connectivity index (χ3n) is 7.11. The largest absolute Gasteiger partial charge is 0.376 e. The summed E-state index contributed by atoms with van der Waals surface area (Å²) in [5, 5.41) is 11.5. The Morgan fingerprint density at radius 2 is 1.87 bits per heavy atom. The highest BCUT2D eigenvalue weighted by Gasteiger charge is 2.33. The Morgan fingerprint density at radius 3 is 2.59 bits per heavy atom. The Bertz CT molecular complexity index is 1400. The molecule has 1 fully saturated rings. The second-order valence-corrected chi connectivity index (χ2v) is 10.2. The van der Waals surface area contributed by atoms with Crippen LogP contribution >= 0.6 is 0 Å². The van der Waals surface area contributed by atoms with Crippen LogP contribution in [0, 0.1) is 0 Å². The average molecular weight is 527 g/mol. The average Bonchev–Trinajstić information content (AvgIpc) is 3.63. The maximum atomic E-state index is 14.0. The minimum Gasteiger partial charge on any atom is -0.376 e. The van der Waals surface area contributed by atoms with E-state index in [0.29, 0.717) is 24.6 Å². The molecule has 3 heterocycles. The van der Waals surface area contributed by atoms with Crippen LogP contribution in [0.1, 0.15) is 55.3 Å². The number of hydrogen-bond acceptors (Lipinski definition) is 6. The van der Waals surface area contributed by atoms with Gasteiger partial charge in [0.05, 0.1) is 11.6 Å². The van der Waals surface area contributed by atoms with Crippen molar-refractivity contribution >= 4 is 22.8 Å². The Hall–Kier alpha value is -4.11. The molecular weight excluding hydrogens is 492 g/mol. The lowest BCUT2D eigenvalue weighted by Crippen LogP contribution is -2.46. The standard InChI is InChI=1S/C30H34N6O3/c1-21(2)23-11-13-24(14-12-23)29(30(38)32-18-25-8-6-16-39-25)35(19-22-7-5-15-31-17-22)28(37)20-36-27-10-4-3-9-26(27)33-34-36/h3-5,7,9-15,17,21,25,29H,6,8,16,18-20H2,1-2H3,(H,32,38)/t25-,29-/m1/s1. The van der Waals surface area contributed by atoms with Gasteiger partial charge in [0, 0.05) is 32.1 Å². The number of fused-ring (bicyclic) bond motifs is 1. The van der Waals surface area contributed by atoms with Gasteiger partial charge in [0.1, 0.15) is 18.1 Å². The number of aromatic nitrogens is 4. The molecule has 2 aromatic heterocycles. The lowest BCUT2D eigenvalue weighted by molar-refractivity contribution is -0.142. The van der Waals surface area contributed by atoms with E-state index in [0.717, 1.165) is 35.0 Å². The summed E-state index contributed by atoms with van der Waals surface area (Å²) < 4.78 is 7.30. The summed E-state index contributed by atoms with van der Waals surface area (Å²) in [6.07, 6.45) is 5.29. The summed E-state index contributed by atoms with van der Waals surface area (Å²) in [6, 6.07) is 18.3. The van der Waals surface area contributed by atoms with Gasteiger partial charge in [-0.15, -0.1) is 5.10 Å². The van der Waals surface area contributed by atoms with Crippen LogP contribution in [0.15, 0.2) is 73.1 Å². The molecule has 0 saturated carbocycles. The van der Waals surface area contributed by atoms with E-state index in [9.17, 15) is 9.59 Å². The lowest BCUT2D eigenvalue weighted by atomic mass is 9.97. The van der Waals surface area contributed by atoms with Crippen molar-refractivity contribution < 1.29 is 14.3 Å². The van der Waals surface area contributed by atoms with Gasteiger partial charge in [-0.3, -0.25) is 14.6 Å². The molecule has 5 rings (SSSR count). The van der Waals surface area contributed by atoms with Crippen LogP contribution in [-0.4, -0.2) is 55.9 Å². The van der Waals surface area contributed by atoms with Gasteiger partial charge in [-0.1, -0.05) is 61.5 Å². The van der Waals surface area contributed by atoms with Crippen LogP contribution in [0.25, 0.3) is 11.0 Å². The minimum atomic E-state index is -0.852. The molecule has 0 aliphatic carbocycles. The molecule has 2 atom stereocenters. The molecule has 0 unspecified atom stereocenters. The molecule has 0 bridgehead atoms. The summed E-state index contributed by atoms with van der Waals surface area (Å²) in [5.41, 5.74) is 4.19. The first-order valence-corrected chi connectivity index (χ1v) is 13.5. The van der Waals surface area contributed by atoms with Crippen LogP contribution in [0.3, 0.4) is 0 Å². The predicted octanol–water partition coefficient (Wildman–Crippen LogP) is 4.02. The fourth-order valence-corrected chi connectivity index (χ4v) is 4.92. The van der Waals surface area contributed by atoms with Crippen LogP contribution in [0.4, 0.5) is 0 Å². The lowest BCUT2D eigenvalue weighted by Gasteiger charge is -2.32. The molecule has 1 aliphatic heterocycles. The van der Waals surface area contributed by atoms with Crippen molar-refractivity contribution in [3.63, 3.8) is 0 Å². The number of nitrogens with one attached hydrogen (secondary N) is 1. The number of carbonyl (C=O) groups excluding carboxylic acids is 2. The number of pyridine rings is 1. The van der Waals surface area contributed by atoms with Crippen LogP contribution in [0.5, 0.6) is 0 Å². The highest BCUT2D eigenvalue weighted by Crippen LogP contribution is 2.27. The normalized spacial score (nSPS) is 15.9. The number of nitrogens with zero attached hydrogens (tertiary/aromatic N) is 5. The first-order valence-electron chi connectivity index (χ1n) is 13.5. The number of para-hydroxylation sites is 1. The van der Waals surface area contributed by atoms with Crippen molar-refractivity contribution in [3.05, 3.63) is 89.7 Å². The summed E-state index contributed by atoms with van der Waals surface area (Å²) in [5.74, 6) is -0.150. The summed E-state index contributed by atoms with van der Waals surface area (Å²) in [4.78, 5) is 33.7. The number of carbonyl (C=O) groups is 2. The van der Waals surface area contributed by atoms with Gasteiger partial charge < -0.3 is 15.0 Å². The second-order valence-electron chi connectivity index (χ2n) is 10.2. The summed E-state index contributed by atoms with van der Waals surface area (Å²) in [7, 11) is 0. The summed E-state index contributed by atoms with van der Waals surface area (Å²) >= 11 is 0. The van der Waals surface area contributed by atoms with Crippen molar-refractivity contribution in [3.8, 4) is 0 Å². The van der Waals surface area contributed by atoms with E-state index in [2.05, 4.69) is 34.5 Å². The zero-order valence-corrected chi connectivity index (χ0v) is 22.4. The predicted molar refractivity (Wildman–Crippen MR) is 148 cm³/mol. The molecule has 2 aromatic carbocycles. The highest BCUT2D eigenvalue weighted by atomic mass is 16.5. The Morgan fingerprint density at radius 1 is 1.08 bits per heavy atom. The van der Waals surface area contributed by atoms with Gasteiger partial charge in [0.25, 0.3) is 0 Å². The Kier molecular flexibility index (Phi) is 8.27. The third kappa shape index (κ3) is 6.31. The molecule has 202 valence electrons. The monoisotopic (exact) mass is 526 g/mol. The second kappa shape index (κ2) is 12.2. The van der Waals surface area contributed by atoms with E-state index >= 15 is 0 Å². The van der Waals surface area contributed by atoms with E-state index in [1.54, 1.807) is 22.0 Å². The SMILES string of the molecule is CC(C)c1ccc([C@H](C(=O)NC[C@H]2CCCO2)N(Cc2cccnc2)C(=O)Cn2nnc3ccccc32)cc1. The molecule has 1 aliphatic rings. The number of amides is 2. The van der Waals surface area contributed by atoms with E-state index in [1.165, 1.54) is 0 Å². The van der Waals surface area contributed by atoms with Gasteiger partial charge in [-0.05, 0) is 53.6 Å². The van der Waals surface area contributed by atoms with E-state index in [-0.39, 0.29) is 31.0 Å². The topological polar surface area (TPSA) is 102 Å². The first kappa shape index (κ1) is 26.5. The molecule has 2 amide bonds. The zero-order chi connectivity index (χ0) is 27.2. The quantitative estimate of drug-likeness (QED) is 0.335. The van der Waals surface area contributed by atoms with Gasteiger partial charge in [-0.2, -0.15) is 0 Å². The van der Waals surface area contributed by atoms with E-state index < -0.39 is 6.04 Å². The maximum Gasteiger partial charge on any atom is 0.247 e. The van der Waals surface area contributed by atoms with Crippen molar-refractivity contribution in [2.75, 3.05) is 13.2 Å². The smallest absolute Gasteiger partial charge is 0.247 e.